The molecular formula is C16H19N3OS. The van der Waals surface area contributed by atoms with Crippen molar-refractivity contribution in [3.8, 4) is 0 Å². The normalized spacial score (nSPS) is 18.0. The molecule has 0 bridgehead atoms. The molecule has 3 rings (SSSR count). The minimum Gasteiger partial charge on any atom is -0.351 e. The minimum atomic E-state index is 0.103. The summed E-state index contributed by atoms with van der Waals surface area (Å²) in [6.45, 7) is 3.86. The van der Waals surface area contributed by atoms with Gasteiger partial charge in [0.2, 0.25) is 5.91 Å². The van der Waals surface area contributed by atoms with Crippen molar-refractivity contribution in [2.75, 3.05) is 18.0 Å². The van der Waals surface area contributed by atoms with E-state index < -0.39 is 0 Å². The first-order chi connectivity index (χ1) is 10.2. The van der Waals surface area contributed by atoms with Crippen molar-refractivity contribution in [1.29, 1.82) is 0 Å². The van der Waals surface area contributed by atoms with Gasteiger partial charge in [0.25, 0.3) is 0 Å². The Morgan fingerprint density at radius 2 is 2.43 bits per heavy atom. The molecule has 4 nitrogen and oxygen atoms in total. The van der Waals surface area contributed by atoms with E-state index in [1.165, 1.54) is 5.56 Å². The molecule has 0 radical (unpaired) electrons. The lowest BCUT2D eigenvalue weighted by Gasteiger charge is -2.15. The smallest absolute Gasteiger partial charge is 0.224 e. The Bertz CT molecular complexity index is 612. The van der Waals surface area contributed by atoms with Gasteiger partial charge in [0, 0.05) is 30.7 Å². The molecule has 1 saturated heterocycles. The van der Waals surface area contributed by atoms with Crippen LogP contribution in [0, 0.1) is 6.92 Å². The van der Waals surface area contributed by atoms with Gasteiger partial charge in [-0.2, -0.15) is 0 Å². The van der Waals surface area contributed by atoms with Gasteiger partial charge in [-0.15, -0.1) is 11.3 Å². The van der Waals surface area contributed by atoms with Crippen molar-refractivity contribution in [3.05, 3.63) is 47.0 Å². The lowest BCUT2D eigenvalue weighted by molar-refractivity contribution is -0.121. The predicted molar refractivity (Wildman–Crippen MR) is 85.8 cm³/mol. The van der Waals surface area contributed by atoms with Crippen LogP contribution in [-0.4, -0.2) is 30.0 Å². The molecule has 1 amide bonds. The number of hydrogen-bond donors (Lipinski definition) is 1. The van der Waals surface area contributed by atoms with Crippen molar-refractivity contribution in [2.45, 2.75) is 25.8 Å². The van der Waals surface area contributed by atoms with Gasteiger partial charge in [-0.05, 0) is 18.9 Å². The van der Waals surface area contributed by atoms with Crippen LogP contribution in [0.2, 0.25) is 0 Å². The van der Waals surface area contributed by atoms with Crippen LogP contribution in [0.15, 0.2) is 35.8 Å². The molecule has 0 aliphatic carbocycles. The maximum absolute atomic E-state index is 12.1. The fourth-order valence-electron chi connectivity index (χ4n) is 2.71. The van der Waals surface area contributed by atoms with E-state index in [0.29, 0.717) is 6.42 Å². The van der Waals surface area contributed by atoms with Crippen LogP contribution in [-0.2, 0) is 11.2 Å². The van der Waals surface area contributed by atoms with Crippen LogP contribution in [0.4, 0.5) is 5.13 Å². The van der Waals surface area contributed by atoms with Crippen molar-refractivity contribution < 1.29 is 4.79 Å². The molecule has 2 heterocycles. The zero-order valence-electron chi connectivity index (χ0n) is 12.1. The number of carbonyl (C=O) groups is 1. The Hall–Kier alpha value is -1.88. The third-order valence-electron chi connectivity index (χ3n) is 3.69. The van der Waals surface area contributed by atoms with E-state index in [2.05, 4.69) is 21.3 Å². The Morgan fingerprint density at radius 1 is 1.52 bits per heavy atom. The van der Waals surface area contributed by atoms with E-state index in [1.807, 2.05) is 36.7 Å². The lowest BCUT2D eigenvalue weighted by Crippen LogP contribution is -2.37. The molecule has 5 heteroatoms. The van der Waals surface area contributed by atoms with Gasteiger partial charge in [-0.25, -0.2) is 4.98 Å². The van der Waals surface area contributed by atoms with Crippen molar-refractivity contribution in [2.24, 2.45) is 0 Å². The average molecular weight is 301 g/mol. The highest BCUT2D eigenvalue weighted by Crippen LogP contribution is 2.22. The molecule has 1 N–H and O–H groups in total. The summed E-state index contributed by atoms with van der Waals surface area (Å²) in [4.78, 5) is 18.7. The lowest BCUT2D eigenvalue weighted by atomic mass is 10.1. The highest BCUT2D eigenvalue weighted by molar-refractivity contribution is 7.13. The van der Waals surface area contributed by atoms with Crippen LogP contribution in [0.1, 0.15) is 17.5 Å². The third-order valence-corrected chi connectivity index (χ3v) is 4.52. The summed E-state index contributed by atoms with van der Waals surface area (Å²) in [5, 5.41) is 6.17. The molecule has 0 spiro atoms. The van der Waals surface area contributed by atoms with Crippen molar-refractivity contribution in [1.82, 2.24) is 10.3 Å². The minimum absolute atomic E-state index is 0.103. The number of anilines is 1. The van der Waals surface area contributed by atoms with Crippen LogP contribution in [0.25, 0.3) is 0 Å². The van der Waals surface area contributed by atoms with E-state index in [0.717, 1.165) is 30.2 Å². The monoisotopic (exact) mass is 301 g/mol. The highest BCUT2D eigenvalue weighted by Gasteiger charge is 2.25. The summed E-state index contributed by atoms with van der Waals surface area (Å²) >= 11 is 1.65. The quantitative estimate of drug-likeness (QED) is 0.943. The van der Waals surface area contributed by atoms with Gasteiger partial charge in [0.1, 0.15) is 0 Å². The van der Waals surface area contributed by atoms with Crippen molar-refractivity contribution >= 4 is 22.4 Å². The van der Waals surface area contributed by atoms with Gasteiger partial charge in [0.05, 0.1) is 6.42 Å². The molecule has 1 unspecified atom stereocenters. The standard InChI is InChI=1S/C16H19N3OS/c1-12-3-2-4-13(9-12)10-15(20)18-14-5-7-19(11-14)16-17-6-8-21-16/h2-4,6,8-9,14H,5,7,10-11H2,1H3,(H,18,20). The maximum Gasteiger partial charge on any atom is 0.224 e. The highest BCUT2D eigenvalue weighted by atomic mass is 32.1. The molecule has 1 aromatic heterocycles. The number of carbonyl (C=O) groups excluding carboxylic acids is 1. The molecule has 1 atom stereocenters. The average Bonchev–Trinajstić information content (AvgIpc) is 3.08. The molecule has 1 aliphatic heterocycles. The second-order valence-electron chi connectivity index (χ2n) is 5.48. The summed E-state index contributed by atoms with van der Waals surface area (Å²) in [6.07, 6.45) is 3.26. The number of aryl methyl sites for hydroxylation is 1. The second-order valence-corrected chi connectivity index (χ2v) is 6.35. The Kier molecular flexibility index (Phi) is 4.20. The van der Waals surface area contributed by atoms with Gasteiger partial charge >= 0.3 is 0 Å². The molecule has 2 aromatic rings. The maximum atomic E-state index is 12.1. The number of aromatic nitrogens is 1. The van der Waals surface area contributed by atoms with E-state index >= 15 is 0 Å². The number of thiazole rings is 1. The Morgan fingerprint density at radius 3 is 3.19 bits per heavy atom. The van der Waals surface area contributed by atoms with Crippen LogP contribution < -0.4 is 10.2 Å². The summed E-state index contributed by atoms with van der Waals surface area (Å²) in [6, 6.07) is 8.34. The molecule has 110 valence electrons. The molecule has 1 fully saturated rings. The van der Waals surface area contributed by atoms with Gasteiger partial charge in [0.15, 0.2) is 5.13 Å². The number of benzene rings is 1. The van der Waals surface area contributed by atoms with E-state index in [1.54, 1.807) is 11.3 Å². The molecule has 0 saturated carbocycles. The van der Waals surface area contributed by atoms with Gasteiger partial charge in [-0.3, -0.25) is 4.79 Å². The fourth-order valence-corrected chi connectivity index (χ4v) is 3.39. The number of hydrogen-bond acceptors (Lipinski definition) is 4. The predicted octanol–water partition coefficient (Wildman–Crippen LogP) is 2.39. The summed E-state index contributed by atoms with van der Waals surface area (Å²) in [5.74, 6) is 0.103. The first kappa shape index (κ1) is 14.1. The Labute approximate surface area is 128 Å². The third kappa shape index (κ3) is 3.61. The zero-order chi connectivity index (χ0) is 14.7. The van der Waals surface area contributed by atoms with Gasteiger partial charge < -0.3 is 10.2 Å². The summed E-state index contributed by atoms with van der Waals surface area (Å²) in [7, 11) is 0. The largest absolute Gasteiger partial charge is 0.351 e. The molecule has 21 heavy (non-hydrogen) atoms. The molecular weight excluding hydrogens is 282 g/mol. The van der Waals surface area contributed by atoms with Crippen molar-refractivity contribution in [3.63, 3.8) is 0 Å². The molecule has 1 aliphatic rings. The van der Waals surface area contributed by atoms with Crippen LogP contribution >= 0.6 is 11.3 Å². The van der Waals surface area contributed by atoms with E-state index in [4.69, 9.17) is 0 Å². The SMILES string of the molecule is Cc1cccc(CC(=O)NC2CCN(c3nccs3)C2)c1. The van der Waals surface area contributed by atoms with Gasteiger partial charge in [-0.1, -0.05) is 29.8 Å². The zero-order valence-corrected chi connectivity index (χ0v) is 12.9. The van der Waals surface area contributed by atoms with E-state index in [-0.39, 0.29) is 11.9 Å². The summed E-state index contributed by atoms with van der Waals surface area (Å²) < 4.78 is 0. The summed E-state index contributed by atoms with van der Waals surface area (Å²) in [5.41, 5.74) is 2.26. The number of nitrogens with one attached hydrogen (secondary N) is 1. The second kappa shape index (κ2) is 6.26. The number of rotatable bonds is 4. The first-order valence-electron chi connectivity index (χ1n) is 7.20. The van der Waals surface area contributed by atoms with E-state index in [9.17, 15) is 4.79 Å². The number of amides is 1. The van der Waals surface area contributed by atoms with Crippen LogP contribution in [0.5, 0.6) is 0 Å². The fraction of sp³-hybridized carbons (Fsp3) is 0.375. The topological polar surface area (TPSA) is 45.2 Å². The molecule has 1 aromatic carbocycles. The first-order valence-corrected chi connectivity index (χ1v) is 8.08. The Balaban J connectivity index is 1.52. The number of nitrogens with zero attached hydrogens (tertiary/aromatic N) is 2. The van der Waals surface area contributed by atoms with Crippen LogP contribution in [0.3, 0.4) is 0 Å².